The number of ether oxygens (including phenoxy) is 3. The largest absolute Gasteiger partial charge is 0.493 e. The van der Waals surface area contributed by atoms with Crippen LogP contribution in [0.4, 0.5) is 4.79 Å². The minimum Gasteiger partial charge on any atom is -0.493 e. The van der Waals surface area contributed by atoms with Crippen LogP contribution in [-0.4, -0.2) is 43.1 Å². The van der Waals surface area contributed by atoms with Crippen molar-refractivity contribution in [2.24, 2.45) is 0 Å². The third-order valence-electron chi connectivity index (χ3n) is 5.73. The molecule has 1 aliphatic heterocycles. The minimum absolute atomic E-state index is 0.0917. The number of imide groups is 2. The molecule has 0 saturated carbocycles. The van der Waals surface area contributed by atoms with Crippen LogP contribution in [0.1, 0.15) is 28.9 Å². The highest BCUT2D eigenvalue weighted by molar-refractivity contribution is 6.30. The second-order valence-electron chi connectivity index (χ2n) is 8.52. The molecule has 1 aromatic heterocycles. The molecule has 0 bridgehead atoms. The first kappa shape index (κ1) is 25.6. The summed E-state index contributed by atoms with van der Waals surface area (Å²) in [5, 5.41) is 2.19. The van der Waals surface area contributed by atoms with Crippen LogP contribution in [0.15, 0.2) is 64.8 Å². The first-order chi connectivity index (χ1) is 17.9. The number of urea groups is 1. The lowest BCUT2D eigenvalue weighted by molar-refractivity contribution is -0.130. The van der Waals surface area contributed by atoms with Crippen molar-refractivity contribution in [3.63, 3.8) is 0 Å². The van der Waals surface area contributed by atoms with Crippen LogP contribution in [0.3, 0.4) is 0 Å². The van der Waals surface area contributed by atoms with E-state index in [9.17, 15) is 14.4 Å². The number of hydrogen-bond acceptors (Lipinski definition) is 7. The lowest BCUT2D eigenvalue weighted by atomic mass is 10.1. The average molecular weight is 505 g/mol. The molecule has 1 N–H and O–H groups in total. The number of barbiturate groups is 1. The number of furan rings is 1. The highest BCUT2D eigenvalue weighted by atomic mass is 16.5. The van der Waals surface area contributed by atoms with Crippen LogP contribution in [0.25, 0.3) is 6.08 Å². The normalized spacial score (nSPS) is 14.6. The molecule has 2 heterocycles. The Bertz CT molecular complexity index is 1330. The van der Waals surface area contributed by atoms with Crippen molar-refractivity contribution in [3.8, 4) is 17.2 Å². The number of hydrogen-bond donors (Lipinski definition) is 1. The van der Waals surface area contributed by atoms with Gasteiger partial charge in [-0.3, -0.25) is 19.8 Å². The van der Waals surface area contributed by atoms with Crippen LogP contribution in [0.2, 0.25) is 0 Å². The first-order valence-corrected chi connectivity index (χ1v) is 11.8. The van der Waals surface area contributed by atoms with E-state index in [1.54, 1.807) is 30.3 Å². The molecule has 4 rings (SSSR count). The molecule has 9 nitrogen and oxygen atoms in total. The Kier molecular flexibility index (Phi) is 7.92. The van der Waals surface area contributed by atoms with Crippen LogP contribution in [0, 0.1) is 13.8 Å². The van der Waals surface area contributed by atoms with Gasteiger partial charge in [-0.15, -0.1) is 0 Å². The van der Waals surface area contributed by atoms with E-state index in [-0.39, 0.29) is 12.1 Å². The molecule has 0 spiro atoms. The van der Waals surface area contributed by atoms with Crippen LogP contribution >= 0.6 is 0 Å². The van der Waals surface area contributed by atoms with Crippen molar-refractivity contribution in [2.75, 3.05) is 20.3 Å². The quantitative estimate of drug-likeness (QED) is 0.247. The van der Waals surface area contributed by atoms with E-state index in [0.717, 1.165) is 21.8 Å². The highest BCUT2D eigenvalue weighted by Crippen LogP contribution is 2.30. The molecule has 9 heteroatoms. The second-order valence-corrected chi connectivity index (χ2v) is 8.52. The van der Waals surface area contributed by atoms with Gasteiger partial charge < -0.3 is 18.6 Å². The Morgan fingerprint density at radius 2 is 1.73 bits per heavy atom. The maximum Gasteiger partial charge on any atom is 0.331 e. The van der Waals surface area contributed by atoms with Crippen LogP contribution in [-0.2, 0) is 16.1 Å². The summed E-state index contributed by atoms with van der Waals surface area (Å²) < 4.78 is 22.4. The van der Waals surface area contributed by atoms with Gasteiger partial charge in [0.2, 0.25) is 0 Å². The average Bonchev–Trinajstić information content (AvgIpc) is 3.40. The smallest absolute Gasteiger partial charge is 0.331 e. The Labute approximate surface area is 214 Å². The topological polar surface area (TPSA) is 107 Å². The van der Waals surface area contributed by atoms with Gasteiger partial charge in [-0.1, -0.05) is 18.2 Å². The molecule has 4 amide bonds. The zero-order valence-corrected chi connectivity index (χ0v) is 20.9. The summed E-state index contributed by atoms with van der Waals surface area (Å²) in [6.45, 7) is 4.85. The fourth-order valence-corrected chi connectivity index (χ4v) is 3.74. The van der Waals surface area contributed by atoms with Gasteiger partial charge in [-0.2, -0.15) is 0 Å². The summed E-state index contributed by atoms with van der Waals surface area (Å²) in [5.74, 6) is 0.755. The SMILES string of the molecule is COc1cc(C=C2C(=O)NC(=O)N(Cc3ccco3)C2=O)ccc1OCCCOc1cc(C)ccc1C. The van der Waals surface area contributed by atoms with Gasteiger partial charge in [0, 0.05) is 6.42 Å². The predicted octanol–water partition coefficient (Wildman–Crippen LogP) is 4.41. The number of carbonyl (C=O) groups is 3. The van der Waals surface area contributed by atoms with Crippen molar-refractivity contribution in [3.05, 3.63) is 82.8 Å². The monoisotopic (exact) mass is 504 g/mol. The number of carbonyl (C=O) groups excluding carboxylic acids is 3. The van der Waals surface area contributed by atoms with E-state index in [4.69, 9.17) is 18.6 Å². The molecule has 0 atom stereocenters. The van der Waals surface area contributed by atoms with Gasteiger partial charge in [0.05, 0.1) is 33.1 Å². The molecule has 0 unspecified atom stereocenters. The van der Waals surface area contributed by atoms with E-state index in [2.05, 4.69) is 5.32 Å². The fraction of sp³-hybridized carbons (Fsp3) is 0.250. The van der Waals surface area contributed by atoms with Gasteiger partial charge in [-0.25, -0.2) is 4.79 Å². The lowest BCUT2D eigenvalue weighted by Crippen LogP contribution is -2.53. The number of aryl methyl sites for hydroxylation is 2. The van der Waals surface area contributed by atoms with Gasteiger partial charge >= 0.3 is 6.03 Å². The van der Waals surface area contributed by atoms with Crippen molar-refractivity contribution in [2.45, 2.75) is 26.8 Å². The molecule has 2 aromatic carbocycles. The number of rotatable bonds is 10. The fourth-order valence-electron chi connectivity index (χ4n) is 3.74. The molecule has 37 heavy (non-hydrogen) atoms. The molecule has 1 saturated heterocycles. The van der Waals surface area contributed by atoms with Crippen molar-refractivity contribution in [1.82, 2.24) is 10.2 Å². The number of amides is 4. The van der Waals surface area contributed by atoms with Crippen molar-refractivity contribution < 1.29 is 33.0 Å². The van der Waals surface area contributed by atoms with Gasteiger partial charge in [-0.05, 0) is 66.9 Å². The zero-order chi connectivity index (χ0) is 26.4. The van der Waals surface area contributed by atoms with E-state index in [1.807, 2.05) is 32.0 Å². The van der Waals surface area contributed by atoms with Gasteiger partial charge in [0.15, 0.2) is 11.5 Å². The van der Waals surface area contributed by atoms with E-state index in [0.29, 0.717) is 42.5 Å². The van der Waals surface area contributed by atoms with Crippen molar-refractivity contribution >= 4 is 23.9 Å². The molecule has 3 aromatic rings. The van der Waals surface area contributed by atoms with E-state index < -0.39 is 17.8 Å². The summed E-state index contributed by atoms with van der Waals surface area (Å²) in [7, 11) is 1.50. The predicted molar refractivity (Wildman–Crippen MR) is 135 cm³/mol. The molecule has 0 radical (unpaired) electrons. The maximum absolute atomic E-state index is 12.9. The number of methoxy groups -OCH3 is 1. The summed E-state index contributed by atoms with van der Waals surface area (Å²) >= 11 is 0. The van der Waals surface area contributed by atoms with E-state index >= 15 is 0 Å². The number of benzene rings is 2. The number of nitrogens with zero attached hydrogens (tertiary/aromatic N) is 1. The van der Waals surface area contributed by atoms with Crippen LogP contribution in [0.5, 0.6) is 17.2 Å². The van der Waals surface area contributed by atoms with E-state index in [1.165, 1.54) is 19.4 Å². The van der Waals surface area contributed by atoms with Gasteiger partial charge in [0.25, 0.3) is 11.8 Å². The van der Waals surface area contributed by atoms with Crippen molar-refractivity contribution in [1.29, 1.82) is 0 Å². The molecule has 1 aliphatic rings. The Morgan fingerprint density at radius 3 is 2.46 bits per heavy atom. The summed E-state index contributed by atoms with van der Waals surface area (Å²) in [6.07, 6.45) is 3.51. The Balaban J connectivity index is 1.39. The highest BCUT2D eigenvalue weighted by Gasteiger charge is 2.36. The third-order valence-corrected chi connectivity index (χ3v) is 5.73. The minimum atomic E-state index is -0.800. The van der Waals surface area contributed by atoms with Gasteiger partial charge in [0.1, 0.15) is 17.1 Å². The molecule has 192 valence electrons. The summed E-state index contributed by atoms with van der Waals surface area (Å²) in [5.41, 5.74) is 2.58. The standard InChI is InChI=1S/C28H28N2O7/c1-18-7-8-19(2)24(14-18)37-13-5-12-36-23-10-9-20(16-25(23)34-3)15-22-26(31)29-28(33)30(27(22)32)17-21-6-4-11-35-21/h4,6-11,14-16H,5,12-13,17H2,1-3H3,(H,29,31,33). The summed E-state index contributed by atoms with van der Waals surface area (Å²) in [4.78, 5) is 38.4. The molecule has 0 aliphatic carbocycles. The molecular weight excluding hydrogens is 476 g/mol. The summed E-state index contributed by atoms with van der Waals surface area (Å²) in [6, 6.07) is 13.6. The zero-order valence-electron chi connectivity index (χ0n) is 20.9. The molecule has 1 fully saturated rings. The Hall–Kier alpha value is -4.53. The lowest BCUT2D eigenvalue weighted by Gasteiger charge is -2.25. The van der Waals surface area contributed by atoms with Crippen LogP contribution < -0.4 is 19.5 Å². The maximum atomic E-state index is 12.9. The first-order valence-electron chi connectivity index (χ1n) is 11.8. The molecular formula is C28H28N2O7. The third kappa shape index (κ3) is 6.19. The Morgan fingerprint density at radius 1 is 0.946 bits per heavy atom. The second kappa shape index (κ2) is 11.5. The number of nitrogens with one attached hydrogen (secondary N) is 1.